The Morgan fingerprint density at radius 1 is 1.00 bits per heavy atom. The predicted octanol–water partition coefficient (Wildman–Crippen LogP) is 4.38. The van der Waals surface area contributed by atoms with Gasteiger partial charge in [-0.25, -0.2) is 0 Å². The van der Waals surface area contributed by atoms with E-state index in [0.29, 0.717) is 11.3 Å². The molecule has 0 fully saturated rings. The molecule has 0 bridgehead atoms. The van der Waals surface area contributed by atoms with Crippen molar-refractivity contribution in [3.05, 3.63) is 77.9 Å². The van der Waals surface area contributed by atoms with Gasteiger partial charge in [-0.1, -0.05) is 63.2 Å². The molecule has 3 aromatic carbocycles. The maximum Gasteiger partial charge on any atom is 0.251 e. The summed E-state index contributed by atoms with van der Waals surface area (Å²) < 4.78 is 0. The third-order valence-corrected chi connectivity index (χ3v) is 6.23. The van der Waals surface area contributed by atoms with Gasteiger partial charge >= 0.3 is 0 Å². The molecule has 0 radical (unpaired) electrons. The number of hydrogen-bond donors (Lipinski definition) is 3. The molecule has 4 nitrogen and oxygen atoms in total. The van der Waals surface area contributed by atoms with Gasteiger partial charge in [-0.15, -0.1) is 11.8 Å². The van der Waals surface area contributed by atoms with Crippen LogP contribution in [0.3, 0.4) is 0 Å². The maximum atomic E-state index is 12.6. The first-order valence-corrected chi connectivity index (χ1v) is 11.1. The van der Waals surface area contributed by atoms with Gasteiger partial charge in [0.05, 0.1) is 18.8 Å². The number of amides is 1. The number of aliphatic hydroxyl groups excluding tert-OH is 2. The fraction of sp³-hybridized carbons (Fsp3) is 0.320. The third-order valence-electron chi connectivity index (χ3n) is 5.13. The van der Waals surface area contributed by atoms with Crippen molar-refractivity contribution < 1.29 is 15.0 Å². The highest BCUT2D eigenvalue weighted by atomic mass is 32.2. The molecule has 0 heterocycles. The van der Waals surface area contributed by atoms with Crippen LogP contribution in [0.5, 0.6) is 0 Å². The van der Waals surface area contributed by atoms with Crippen LogP contribution in [0.4, 0.5) is 0 Å². The molecule has 5 heteroatoms. The Kier molecular flexibility index (Phi) is 7.19. The Hall–Kier alpha value is -2.34. The lowest BCUT2D eigenvalue weighted by Crippen LogP contribution is -2.46. The van der Waals surface area contributed by atoms with E-state index in [4.69, 9.17) is 0 Å². The first kappa shape index (κ1) is 22.3. The van der Waals surface area contributed by atoms with Crippen molar-refractivity contribution >= 4 is 28.4 Å². The summed E-state index contributed by atoms with van der Waals surface area (Å²) in [5, 5.41) is 25.3. The van der Waals surface area contributed by atoms with Crippen molar-refractivity contribution in [2.24, 2.45) is 0 Å². The first-order valence-electron chi connectivity index (χ1n) is 10.1. The number of nitrogens with one attached hydrogen (secondary N) is 1. The van der Waals surface area contributed by atoms with Gasteiger partial charge in [0, 0.05) is 16.2 Å². The summed E-state index contributed by atoms with van der Waals surface area (Å²) in [6, 6.07) is 21.0. The molecule has 2 atom stereocenters. The molecule has 0 spiro atoms. The van der Waals surface area contributed by atoms with Gasteiger partial charge in [0.25, 0.3) is 5.91 Å². The van der Waals surface area contributed by atoms with Gasteiger partial charge in [0.1, 0.15) is 0 Å². The van der Waals surface area contributed by atoms with Crippen LogP contribution in [0.25, 0.3) is 10.8 Å². The summed E-state index contributed by atoms with van der Waals surface area (Å²) in [5.41, 5.74) is 1.67. The smallest absolute Gasteiger partial charge is 0.251 e. The summed E-state index contributed by atoms with van der Waals surface area (Å²) in [7, 11) is 0. The zero-order valence-corrected chi connectivity index (χ0v) is 18.4. The van der Waals surface area contributed by atoms with E-state index >= 15 is 0 Å². The second-order valence-electron chi connectivity index (χ2n) is 8.48. The summed E-state index contributed by atoms with van der Waals surface area (Å²) in [5.74, 6) is 0.0663. The number of benzene rings is 3. The summed E-state index contributed by atoms with van der Waals surface area (Å²) in [6.45, 7) is 6.03. The van der Waals surface area contributed by atoms with Crippen molar-refractivity contribution in [2.45, 2.75) is 43.2 Å². The van der Waals surface area contributed by atoms with Gasteiger partial charge in [-0.2, -0.15) is 0 Å². The number of fused-ring (bicyclic) bond motifs is 1. The van der Waals surface area contributed by atoms with Gasteiger partial charge in [-0.3, -0.25) is 4.79 Å². The Labute approximate surface area is 182 Å². The summed E-state index contributed by atoms with van der Waals surface area (Å²) in [6.07, 6.45) is -0.871. The van der Waals surface area contributed by atoms with Gasteiger partial charge in [0.15, 0.2) is 0 Å². The average Bonchev–Trinajstić information content (AvgIpc) is 2.75. The van der Waals surface area contributed by atoms with E-state index < -0.39 is 12.1 Å². The molecule has 0 aliphatic rings. The van der Waals surface area contributed by atoms with Crippen LogP contribution < -0.4 is 5.32 Å². The van der Waals surface area contributed by atoms with Crippen LogP contribution in [0, 0.1) is 0 Å². The average molecular weight is 424 g/mol. The molecule has 158 valence electrons. The largest absolute Gasteiger partial charge is 0.394 e. The van der Waals surface area contributed by atoms with Crippen LogP contribution >= 0.6 is 11.8 Å². The SMILES string of the molecule is CC(C)(C)c1ccc(C(=O)N[C@@H](CO)[C@H](O)CSc2ccc3ccccc3c2)cc1. The topological polar surface area (TPSA) is 69.6 Å². The highest BCUT2D eigenvalue weighted by Crippen LogP contribution is 2.25. The molecular formula is C25H29NO3S. The Bertz CT molecular complexity index is 995. The third kappa shape index (κ3) is 5.63. The molecule has 1 amide bonds. The Balaban J connectivity index is 1.59. The molecule has 0 saturated heterocycles. The fourth-order valence-electron chi connectivity index (χ4n) is 3.19. The Morgan fingerprint density at radius 2 is 1.67 bits per heavy atom. The maximum absolute atomic E-state index is 12.6. The zero-order valence-electron chi connectivity index (χ0n) is 17.6. The lowest BCUT2D eigenvalue weighted by atomic mass is 9.86. The molecule has 0 aliphatic carbocycles. The van der Waals surface area contributed by atoms with Crippen LogP contribution in [0.2, 0.25) is 0 Å². The van der Waals surface area contributed by atoms with Crippen molar-refractivity contribution in [1.29, 1.82) is 0 Å². The highest BCUT2D eigenvalue weighted by Gasteiger charge is 2.22. The minimum absolute atomic E-state index is 0.0127. The molecule has 0 aromatic heterocycles. The number of aliphatic hydroxyl groups is 2. The minimum atomic E-state index is -0.871. The quantitative estimate of drug-likeness (QED) is 0.493. The lowest BCUT2D eigenvalue weighted by Gasteiger charge is -2.23. The van der Waals surface area contributed by atoms with E-state index in [9.17, 15) is 15.0 Å². The lowest BCUT2D eigenvalue weighted by molar-refractivity contribution is 0.0769. The molecule has 0 saturated carbocycles. The molecular weight excluding hydrogens is 394 g/mol. The minimum Gasteiger partial charge on any atom is -0.394 e. The molecule has 0 aliphatic heterocycles. The molecule has 0 unspecified atom stereocenters. The standard InChI is InChI=1S/C25H29NO3S/c1-25(2,3)20-11-8-18(9-12-20)24(29)26-22(15-27)23(28)16-30-21-13-10-17-6-4-5-7-19(17)14-21/h4-14,22-23,27-28H,15-16H2,1-3H3,(H,26,29)/t22-,23+/m0/s1. The van der Waals surface area contributed by atoms with Crippen LogP contribution in [0.1, 0.15) is 36.7 Å². The molecule has 30 heavy (non-hydrogen) atoms. The number of carbonyl (C=O) groups is 1. The van der Waals surface area contributed by atoms with Crippen molar-refractivity contribution in [3.63, 3.8) is 0 Å². The monoisotopic (exact) mass is 423 g/mol. The van der Waals surface area contributed by atoms with E-state index in [1.807, 2.05) is 30.3 Å². The Morgan fingerprint density at radius 3 is 2.30 bits per heavy atom. The van der Waals surface area contributed by atoms with E-state index in [1.165, 1.54) is 17.1 Å². The zero-order chi connectivity index (χ0) is 21.7. The van der Waals surface area contributed by atoms with Crippen LogP contribution in [-0.4, -0.2) is 40.6 Å². The van der Waals surface area contributed by atoms with Gasteiger partial charge < -0.3 is 15.5 Å². The van der Waals surface area contributed by atoms with E-state index in [0.717, 1.165) is 15.8 Å². The predicted molar refractivity (Wildman–Crippen MR) is 124 cm³/mol. The van der Waals surface area contributed by atoms with E-state index in [-0.39, 0.29) is 17.9 Å². The molecule has 3 rings (SSSR count). The van der Waals surface area contributed by atoms with Gasteiger partial charge in [0.2, 0.25) is 0 Å². The molecule has 3 aromatic rings. The second-order valence-corrected chi connectivity index (χ2v) is 9.57. The summed E-state index contributed by atoms with van der Waals surface area (Å²) >= 11 is 1.50. The second kappa shape index (κ2) is 9.65. The van der Waals surface area contributed by atoms with Crippen LogP contribution in [0.15, 0.2) is 71.6 Å². The van der Waals surface area contributed by atoms with Crippen molar-refractivity contribution in [1.82, 2.24) is 5.32 Å². The van der Waals surface area contributed by atoms with E-state index in [1.54, 1.807) is 12.1 Å². The first-order chi connectivity index (χ1) is 14.3. The fourth-order valence-corrected chi connectivity index (χ4v) is 4.16. The molecule has 3 N–H and O–H groups in total. The number of rotatable bonds is 7. The normalized spacial score (nSPS) is 13.8. The van der Waals surface area contributed by atoms with E-state index in [2.05, 4.69) is 50.4 Å². The van der Waals surface area contributed by atoms with Gasteiger partial charge in [-0.05, 0) is 46.0 Å². The van der Waals surface area contributed by atoms with Crippen LogP contribution in [-0.2, 0) is 5.41 Å². The number of hydrogen-bond acceptors (Lipinski definition) is 4. The number of carbonyl (C=O) groups excluding carboxylic acids is 1. The highest BCUT2D eigenvalue weighted by molar-refractivity contribution is 7.99. The summed E-state index contributed by atoms with van der Waals surface area (Å²) in [4.78, 5) is 13.6. The van der Waals surface area contributed by atoms with Crippen molar-refractivity contribution in [3.8, 4) is 0 Å². The number of thioether (sulfide) groups is 1. The van der Waals surface area contributed by atoms with Crippen molar-refractivity contribution in [2.75, 3.05) is 12.4 Å².